The van der Waals surface area contributed by atoms with Crippen molar-refractivity contribution in [1.82, 2.24) is 0 Å². The summed E-state index contributed by atoms with van der Waals surface area (Å²) in [7, 11) is 0. The summed E-state index contributed by atoms with van der Waals surface area (Å²) in [6, 6.07) is 0. The summed E-state index contributed by atoms with van der Waals surface area (Å²) in [5.74, 6) is 2.37. The fourth-order valence-electron chi connectivity index (χ4n) is 8.27. The predicted octanol–water partition coefficient (Wildman–Crippen LogP) is 6.47. The predicted molar refractivity (Wildman–Crippen MR) is 122 cm³/mol. The van der Waals surface area contributed by atoms with E-state index in [0.717, 1.165) is 40.9 Å². The molecule has 3 fully saturated rings. The molecule has 166 valence electrons. The number of ether oxygens (including phenoxy) is 1. The molecule has 3 nitrogen and oxygen atoms in total. The third-order valence-corrected chi connectivity index (χ3v) is 10.2. The number of fused-ring (bicyclic) bond motifs is 7. The van der Waals surface area contributed by atoms with Crippen LogP contribution >= 0.6 is 0 Å². The van der Waals surface area contributed by atoms with Crippen LogP contribution in [0, 0.1) is 34.0 Å². The van der Waals surface area contributed by atoms with Gasteiger partial charge in [-0.05, 0) is 91.3 Å². The van der Waals surface area contributed by atoms with Gasteiger partial charge in [0.25, 0.3) is 6.47 Å². The number of allylic oxidation sites excluding steroid dienone is 7. The minimum Gasteiger partial charge on any atom is -0.424 e. The average Bonchev–Trinajstić information content (AvgIpc) is 2.72. The van der Waals surface area contributed by atoms with Gasteiger partial charge in [0.15, 0.2) is 5.76 Å². The largest absolute Gasteiger partial charge is 0.424 e. The molecule has 0 amide bonds. The lowest BCUT2D eigenvalue weighted by Crippen LogP contribution is -2.55. The zero-order chi connectivity index (χ0) is 22.2. The summed E-state index contributed by atoms with van der Waals surface area (Å²) in [5, 5.41) is 0. The average molecular weight is 421 g/mol. The van der Waals surface area contributed by atoms with Gasteiger partial charge in [-0.2, -0.15) is 0 Å². The summed E-state index contributed by atoms with van der Waals surface area (Å²) in [6.45, 7) is 12.1. The minimum absolute atomic E-state index is 0.118. The lowest BCUT2D eigenvalue weighted by atomic mass is 9.40. The summed E-state index contributed by atoms with van der Waals surface area (Å²) in [6.07, 6.45) is 15.3. The number of hydrogen-bond donors (Lipinski definition) is 0. The van der Waals surface area contributed by atoms with Gasteiger partial charge >= 0.3 is 0 Å². The van der Waals surface area contributed by atoms with Crippen LogP contribution in [0.5, 0.6) is 0 Å². The topological polar surface area (TPSA) is 43.4 Å². The highest BCUT2D eigenvalue weighted by Gasteiger charge is 2.60. The molecule has 0 aliphatic heterocycles. The Labute approximate surface area is 186 Å². The third-order valence-electron chi connectivity index (χ3n) is 10.2. The van der Waals surface area contributed by atoms with Crippen molar-refractivity contribution < 1.29 is 14.3 Å². The van der Waals surface area contributed by atoms with E-state index >= 15 is 0 Å². The van der Waals surface area contributed by atoms with Crippen molar-refractivity contribution in [2.75, 3.05) is 0 Å². The van der Waals surface area contributed by atoms with Crippen molar-refractivity contribution in [2.45, 2.75) is 79.6 Å². The fraction of sp³-hybridized carbons (Fsp3) is 0.643. The number of carbonyl (C=O) groups excluding carboxylic acids is 2. The molecule has 0 bridgehead atoms. The van der Waals surface area contributed by atoms with E-state index in [2.05, 4.69) is 39.8 Å². The van der Waals surface area contributed by atoms with Gasteiger partial charge in [-0.15, -0.1) is 0 Å². The van der Waals surface area contributed by atoms with E-state index in [0.29, 0.717) is 11.9 Å². The highest BCUT2D eigenvalue weighted by atomic mass is 16.5. The normalized spacial score (nSPS) is 44.1. The van der Waals surface area contributed by atoms with Crippen molar-refractivity contribution in [1.29, 1.82) is 0 Å². The van der Waals surface area contributed by atoms with Crippen LogP contribution in [0.25, 0.3) is 0 Å². The van der Waals surface area contributed by atoms with Crippen LogP contribution in [0.2, 0.25) is 0 Å². The Morgan fingerprint density at radius 1 is 1.03 bits per heavy atom. The number of hydrogen-bond acceptors (Lipinski definition) is 3. The Balaban J connectivity index is 1.59. The van der Waals surface area contributed by atoms with Crippen molar-refractivity contribution >= 4 is 12.3 Å². The summed E-state index contributed by atoms with van der Waals surface area (Å²) in [5.41, 5.74) is 5.10. The van der Waals surface area contributed by atoms with E-state index in [9.17, 15) is 9.59 Å². The molecule has 3 saturated carbocycles. The Morgan fingerprint density at radius 2 is 1.81 bits per heavy atom. The standard InChI is InChI=1S/C28H36O3/c1-17-8-10-26(3)12-13-28(5)20(22(26)14-17)9-11-27(4)21-15-23(30)25(31-16-29)18(2)19(21)6-7-24(27)28/h6-7,15-17,20,22H,8-14H2,1-5H3. The first-order valence-corrected chi connectivity index (χ1v) is 12.2. The molecule has 31 heavy (non-hydrogen) atoms. The van der Waals surface area contributed by atoms with E-state index in [4.69, 9.17) is 4.74 Å². The van der Waals surface area contributed by atoms with Crippen molar-refractivity contribution in [3.05, 3.63) is 46.3 Å². The third kappa shape index (κ3) is 2.77. The quantitative estimate of drug-likeness (QED) is 0.481. The van der Waals surface area contributed by atoms with Crippen LogP contribution < -0.4 is 0 Å². The van der Waals surface area contributed by atoms with E-state index in [1.165, 1.54) is 44.1 Å². The van der Waals surface area contributed by atoms with Gasteiger partial charge < -0.3 is 4.74 Å². The fourth-order valence-corrected chi connectivity index (χ4v) is 8.27. The van der Waals surface area contributed by atoms with Crippen LogP contribution in [-0.2, 0) is 14.3 Å². The second-order valence-corrected chi connectivity index (χ2v) is 11.8. The maximum Gasteiger partial charge on any atom is 0.298 e. The molecule has 0 N–H and O–H groups in total. The first kappa shape index (κ1) is 21.0. The maximum atomic E-state index is 12.8. The van der Waals surface area contributed by atoms with E-state index in [1.807, 2.05) is 6.92 Å². The second kappa shape index (κ2) is 6.80. The molecule has 6 atom stereocenters. The molecule has 0 aromatic heterocycles. The van der Waals surface area contributed by atoms with E-state index in [-0.39, 0.29) is 22.4 Å². The molecule has 0 heterocycles. The van der Waals surface area contributed by atoms with Gasteiger partial charge in [0, 0.05) is 11.0 Å². The lowest BCUT2D eigenvalue weighted by molar-refractivity contribution is -0.129. The van der Waals surface area contributed by atoms with Crippen molar-refractivity contribution in [3.63, 3.8) is 0 Å². The van der Waals surface area contributed by atoms with Gasteiger partial charge in [-0.25, -0.2) is 0 Å². The highest BCUT2D eigenvalue weighted by molar-refractivity contribution is 6.07. The van der Waals surface area contributed by atoms with Gasteiger partial charge in [0.1, 0.15) is 0 Å². The van der Waals surface area contributed by atoms with Crippen LogP contribution in [0.4, 0.5) is 0 Å². The Hall–Kier alpha value is -1.90. The number of carbonyl (C=O) groups is 2. The van der Waals surface area contributed by atoms with Gasteiger partial charge in [-0.3, -0.25) is 9.59 Å². The number of rotatable bonds is 2. The lowest BCUT2D eigenvalue weighted by Gasteiger charge is -2.64. The molecule has 0 aromatic rings. The highest BCUT2D eigenvalue weighted by Crippen LogP contribution is 2.69. The molecule has 6 unspecified atom stereocenters. The van der Waals surface area contributed by atoms with Gasteiger partial charge in [0.2, 0.25) is 5.78 Å². The molecule has 3 heteroatoms. The molecule has 5 aliphatic carbocycles. The number of ketones is 1. The van der Waals surface area contributed by atoms with E-state index < -0.39 is 0 Å². The zero-order valence-electron chi connectivity index (χ0n) is 19.7. The second-order valence-electron chi connectivity index (χ2n) is 11.8. The SMILES string of the molecule is CC1=C(OC=O)C(=O)C=C2C1=CC=C1C2(C)CCC2C3CC(C)CCC3(C)CCC12C. The Morgan fingerprint density at radius 3 is 2.55 bits per heavy atom. The van der Waals surface area contributed by atoms with Crippen molar-refractivity contribution in [3.8, 4) is 0 Å². The van der Waals surface area contributed by atoms with Crippen molar-refractivity contribution in [2.24, 2.45) is 34.0 Å². The van der Waals surface area contributed by atoms with Gasteiger partial charge in [-0.1, -0.05) is 51.8 Å². The first-order chi connectivity index (χ1) is 14.6. The van der Waals surface area contributed by atoms with Crippen LogP contribution in [-0.4, -0.2) is 12.3 Å². The summed E-state index contributed by atoms with van der Waals surface area (Å²) < 4.78 is 5.05. The Kier molecular flexibility index (Phi) is 4.60. The summed E-state index contributed by atoms with van der Waals surface area (Å²) >= 11 is 0. The molecule has 5 aliphatic rings. The summed E-state index contributed by atoms with van der Waals surface area (Å²) in [4.78, 5) is 23.7. The molecule has 0 saturated heterocycles. The van der Waals surface area contributed by atoms with Gasteiger partial charge in [0.05, 0.1) is 0 Å². The molecule has 5 rings (SSSR count). The maximum absolute atomic E-state index is 12.8. The monoisotopic (exact) mass is 420 g/mol. The molecule has 0 aromatic carbocycles. The molecular formula is C28H36O3. The molecule has 0 radical (unpaired) electrons. The Bertz CT molecular complexity index is 978. The minimum atomic E-state index is -0.177. The van der Waals surface area contributed by atoms with E-state index in [1.54, 1.807) is 6.08 Å². The van der Waals surface area contributed by atoms with Crippen LogP contribution in [0.1, 0.15) is 79.6 Å². The van der Waals surface area contributed by atoms with Crippen LogP contribution in [0.3, 0.4) is 0 Å². The van der Waals surface area contributed by atoms with Crippen LogP contribution in [0.15, 0.2) is 46.3 Å². The smallest absolute Gasteiger partial charge is 0.298 e. The zero-order valence-corrected chi connectivity index (χ0v) is 19.7. The first-order valence-electron chi connectivity index (χ1n) is 12.2. The molecule has 0 spiro atoms. The molecular weight excluding hydrogens is 384 g/mol.